The van der Waals surface area contributed by atoms with Gasteiger partial charge in [0.1, 0.15) is 6.20 Å². The Morgan fingerprint density at radius 2 is 2.30 bits per heavy atom. The number of pyridine rings is 1. The van der Waals surface area contributed by atoms with Crippen LogP contribution in [0.5, 0.6) is 0 Å². The molecule has 9 heteroatoms. The van der Waals surface area contributed by atoms with Crippen LogP contribution in [-0.2, 0) is 10.0 Å². The molecule has 1 aliphatic heterocycles. The smallest absolute Gasteiger partial charge is 0.287 e. The topological polar surface area (TPSA) is 114 Å². The lowest BCUT2D eigenvalue weighted by Crippen LogP contribution is -2.38. The first-order valence-electron chi connectivity index (χ1n) is 6.30. The number of sulfonamides is 1. The van der Waals surface area contributed by atoms with Crippen LogP contribution in [0.4, 0.5) is 5.69 Å². The zero-order valence-corrected chi connectivity index (χ0v) is 11.6. The number of aromatic nitrogens is 1. The maximum atomic E-state index is 12.0. The summed E-state index contributed by atoms with van der Waals surface area (Å²) in [6.07, 6.45) is 2.95. The van der Waals surface area contributed by atoms with Crippen LogP contribution >= 0.6 is 0 Å². The molecule has 20 heavy (non-hydrogen) atoms. The molecule has 1 aliphatic rings. The highest BCUT2D eigenvalue weighted by atomic mass is 32.2. The molecule has 0 amide bonds. The zero-order valence-electron chi connectivity index (χ0n) is 10.8. The van der Waals surface area contributed by atoms with Gasteiger partial charge in [0, 0.05) is 12.6 Å². The maximum Gasteiger partial charge on any atom is 0.287 e. The van der Waals surface area contributed by atoms with E-state index < -0.39 is 14.9 Å². The number of rotatable bonds is 5. The summed E-state index contributed by atoms with van der Waals surface area (Å²) in [5.41, 5.74) is -0.236. The van der Waals surface area contributed by atoms with E-state index in [0.29, 0.717) is 6.54 Å². The van der Waals surface area contributed by atoms with Crippen LogP contribution in [0.2, 0.25) is 0 Å². The summed E-state index contributed by atoms with van der Waals surface area (Å²) in [6, 6.07) is 2.27. The predicted molar refractivity (Wildman–Crippen MR) is 71.7 cm³/mol. The van der Waals surface area contributed by atoms with E-state index in [0.717, 1.165) is 44.3 Å². The van der Waals surface area contributed by atoms with Gasteiger partial charge in [0.15, 0.2) is 5.03 Å². The largest absolute Gasteiger partial charge is 0.316 e. The van der Waals surface area contributed by atoms with Crippen LogP contribution in [0.1, 0.15) is 12.8 Å². The number of nitrogens with one attached hydrogen (secondary N) is 2. The van der Waals surface area contributed by atoms with Crippen LogP contribution in [-0.4, -0.2) is 38.0 Å². The maximum absolute atomic E-state index is 12.0. The lowest BCUT2D eigenvalue weighted by molar-refractivity contribution is -0.385. The third kappa shape index (κ3) is 3.71. The molecular formula is C11H16N4O4S. The monoisotopic (exact) mass is 300 g/mol. The Morgan fingerprint density at radius 1 is 1.50 bits per heavy atom. The van der Waals surface area contributed by atoms with Crippen molar-refractivity contribution in [2.45, 2.75) is 17.9 Å². The van der Waals surface area contributed by atoms with Gasteiger partial charge in [0.25, 0.3) is 15.7 Å². The summed E-state index contributed by atoms with van der Waals surface area (Å²) in [7, 11) is -3.71. The van der Waals surface area contributed by atoms with Crippen LogP contribution in [0.3, 0.4) is 0 Å². The molecule has 1 aromatic rings. The number of piperidine rings is 1. The van der Waals surface area contributed by atoms with E-state index in [1.807, 2.05) is 0 Å². The number of nitrogens with zero attached hydrogens (tertiary/aromatic N) is 2. The molecule has 1 saturated heterocycles. The van der Waals surface area contributed by atoms with Gasteiger partial charge in [-0.25, -0.2) is 18.1 Å². The van der Waals surface area contributed by atoms with Gasteiger partial charge in [-0.15, -0.1) is 0 Å². The molecule has 0 bridgehead atoms. The predicted octanol–water partition coefficient (Wildman–Crippen LogP) is 0.268. The summed E-state index contributed by atoms with van der Waals surface area (Å²) in [5, 5.41) is 13.5. The van der Waals surface area contributed by atoms with Crippen molar-refractivity contribution in [1.29, 1.82) is 0 Å². The first-order valence-corrected chi connectivity index (χ1v) is 7.78. The van der Waals surface area contributed by atoms with Crippen LogP contribution in [0, 0.1) is 16.0 Å². The lowest BCUT2D eigenvalue weighted by Gasteiger charge is -2.22. The minimum Gasteiger partial charge on any atom is -0.316 e. The minimum absolute atomic E-state index is 0.202. The number of nitro groups is 1. The van der Waals surface area contributed by atoms with Gasteiger partial charge in [-0.1, -0.05) is 0 Å². The van der Waals surface area contributed by atoms with Crippen LogP contribution in [0.15, 0.2) is 23.4 Å². The van der Waals surface area contributed by atoms with Crippen molar-refractivity contribution < 1.29 is 13.3 Å². The Hall–Kier alpha value is -1.58. The van der Waals surface area contributed by atoms with Gasteiger partial charge in [-0.3, -0.25) is 10.1 Å². The van der Waals surface area contributed by atoms with E-state index in [1.165, 1.54) is 0 Å². The molecule has 110 valence electrons. The van der Waals surface area contributed by atoms with Gasteiger partial charge in [-0.05, 0) is 37.9 Å². The second-order valence-corrected chi connectivity index (χ2v) is 6.39. The van der Waals surface area contributed by atoms with Crippen molar-refractivity contribution in [3.05, 3.63) is 28.4 Å². The van der Waals surface area contributed by atoms with Gasteiger partial charge >= 0.3 is 0 Å². The Balaban J connectivity index is 2.00. The van der Waals surface area contributed by atoms with Gasteiger partial charge < -0.3 is 5.32 Å². The fraction of sp³-hybridized carbons (Fsp3) is 0.545. The van der Waals surface area contributed by atoms with Crippen molar-refractivity contribution in [1.82, 2.24) is 15.0 Å². The van der Waals surface area contributed by atoms with E-state index in [4.69, 9.17) is 0 Å². The molecule has 2 heterocycles. The van der Waals surface area contributed by atoms with Crippen molar-refractivity contribution in [3.63, 3.8) is 0 Å². The molecule has 2 rings (SSSR count). The molecule has 0 saturated carbocycles. The summed E-state index contributed by atoms with van der Waals surface area (Å²) in [6.45, 7) is 2.09. The van der Waals surface area contributed by atoms with Crippen LogP contribution < -0.4 is 10.0 Å². The third-order valence-electron chi connectivity index (χ3n) is 3.17. The molecule has 1 fully saturated rings. The molecule has 0 aliphatic carbocycles. The first kappa shape index (κ1) is 14.8. The molecule has 0 spiro atoms. The lowest BCUT2D eigenvalue weighted by atomic mass is 10.0. The molecule has 2 N–H and O–H groups in total. The van der Waals surface area contributed by atoms with Crippen molar-refractivity contribution >= 4 is 15.7 Å². The highest BCUT2D eigenvalue weighted by Crippen LogP contribution is 2.13. The molecular weight excluding hydrogens is 284 g/mol. The van der Waals surface area contributed by atoms with Crippen molar-refractivity contribution in [3.8, 4) is 0 Å². The second kappa shape index (κ2) is 6.25. The molecule has 1 atom stereocenters. The zero-order chi connectivity index (χ0) is 14.6. The Morgan fingerprint density at radius 3 is 2.85 bits per heavy atom. The molecule has 0 aromatic carbocycles. The Bertz CT molecular complexity index is 567. The quantitative estimate of drug-likeness (QED) is 0.596. The fourth-order valence-corrected chi connectivity index (χ4v) is 3.08. The van der Waals surface area contributed by atoms with Crippen molar-refractivity contribution in [2.75, 3.05) is 19.6 Å². The normalized spacial score (nSPS) is 19.7. The summed E-state index contributed by atoms with van der Waals surface area (Å²) in [5.74, 6) is 0.261. The summed E-state index contributed by atoms with van der Waals surface area (Å²) in [4.78, 5) is 13.5. The first-order chi connectivity index (χ1) is 9.49. The fourth-order valence-electron chi connectivity index (χ4n) is 2.04. The SMILES string of the molecule is O=[N+]([O-])c1ccc(S(=O)(=O)NC[C@@H]2CCCNC2)nc1. The van der Waals surface area contributed by atoms with E-state index in [2.05, 4.69) is 15.0 Å². The van der Waals surface area contributed by atoms with Gasteiger partial charge in [-0.2, -0.15) is 0 Å². The second-order valence-electron chi connectivity index (χ2n) is 4.68. The average molecular weight is 300 g/mol. The van der Waals surface area contributed by atoms with E-state index in [-0.39, 0.29) is 16.6 Å². The highest BCUT2D eigenvalue weighted by molar-refractivity contribution is 7.89. The Kier molecular flexibility index (Phi) is 4.63. The standard InChI is InChI=1S/C11H16N4O4S/c16-15(17)10-3-4-11(13-8-10)20(18,19)14-7-9-2-1-5-12-6-9/h3-4,8-9,12,14H,1-2,5-7H2/t9-/m1/s1. The highest BCUT2D eigenvalue weighted by Gasteiger charge is 2.20. The molecule has 0 unspecified atom stereocenters. The average Bonchev–Trinajstić information content (AvgIpc) is 2.46. The molecule has 0 radical (unpaired) electrons. The van der Waals surface area contributed by atoms with E-state index in [1.54, 1.807) is 0 Å². The summed E-state index contributed by atoms with van der Waals surface area (Å²) < 4.78 is 26.5. The van der Waals surface area contributed by atoms with E-state index in [9.17, 15) is 18.5 Å². The number of hydrogen-bond donors (Lipinski definition) is 2. The third-order valence-corrected chi connectivity index (χ3v) is 4.51. The number of hydrogen-bond acceptors (Lipinski definition) is 6. The van der Waals surface area contributed by atoms with Gasteiger partial charge in [0.2, 0.25) is 0 Å². The molecule has 1 aromatic heterocycles. The van der Waals surface area contributed by atoms with E-state index >= 15 is 0 Å². The van der Waals surface area contributed by atoms with Crippen LogP contribution in [0.25, 0.3) is 0 Å². The molecule has 8 nitrogen and oxygen atoms in total. The Labute approximate surface area is 116 Å². The summed E-state index contributed by atoms with van der Waals surface area (Å²) >= 11 is 0. The van der Waals surface area contributed by atoms with Gasteiger partial charge in [0.05, 0.1) is 4.92 Å². The minimum atomic E-state index is -3.71. The van der Waals surface area contributed by atoms with Crippen molar-refractivity contribution in [2.24, 2.45) is 5.92 Å².